The standard InChI is InChI=1S/C22H22Cl2N4O/c1-2-26-10-12-27(13-11-26)22(29)18-15-25-28(17-8-9-19(23)20(24)14-17)21(18)16-6-4-3-5-7-16/h3-9,14-15H,2,10-13H2,1H3. The Hall–Kier alpha value is -2.34. The number of carbonyl (C=O) groups excluding carboxylic acids is 1. The summed E-state index contributed by atoms with van der Waals surface area (Å²) in [4.78, 5) is 17.6. The van der Waals surface area contributed by atoms with E-state index in [9.17, 15) is 4.79 Å². The van der Waals surface area contributed by atoms with E-state index in [1.165, 1.54) is 0 Å². The van der Waals surface area contributed by atoms with Gasteiger partial charge < -0.3 is 9.80 Å². The molecule has 7 heteroatoms. The molecule has 4 rings (SSSR count). The number of hydrogen-bond donors (Lipinski definition) is 0. The zero-order valence-electron chi connectivity index (χ0n) is 16.2. The minimum Gasteiger partial charge on any atom is -0.336 e. The van der Waals surface area contributed by atoms with Crippen molar-refractivity contribution in [1.82, 2.24) is 19.6 Å². The van der Waals surface area contributed by atoms with Gasteiger partial charge in [-0.1, -0.05) is 60.5 Å². The normalized spacial score (nSPS) is 14.9. The fraction of sp³-hybridized carbons (Fsp3) is 0.273. The first-order valence-electron chi connectivity index (χ1n) is 9.69. The average Bonchev–Trinajstić information content (AvgIpc) is 3.21. The lowest BCUT2D eigenvalue weighted by Crippen LogP contribution is -2.48. The van der Waals surface area contributed by atoms with Gasteiger partial charge in [-0.05, 0) is 24.7 Å². The van der Waals surface area contributed by atoms with Crippen LogP contribution in [0.5, 0.6) is 0 Å². The van der Waals surface area contributed by atoms with Crippen LogP contribution in [0.25, 0.3) is 16.9 Å². The van der Waals surface area contributed by atoms with Crippen LogP contribution in [0.3, 0.4) is 0 Å². The number of aromatic nitrogens is 2. The number of hydrogen-bond acceptors (Lipinski definition) is 3. The van der Waals surface area contributed by atoms with Crippen LogP contribution in [-0.2, 0) is 0 Å². The lowest BCUT2D eigenvalue weighted by atomic mass is 10.1. The van der Waals surface area contributed by atoms with Gasteiger partial charge in [0, 0.05) is 31.7 Å². The maximum absolute atomic E-state index is 13.4. The van der Waals surface area contributed by atoms with Gasteiger partial charge in [0.1, 0.15) is 0 Å². The number of benzene rings is 2. The molecule has 0 unspecified atom stereocenters. The molecular weight excluding hydrogens is 407 g/mol. The Balaban J connectivity index is 1.76. The van der Waals surface area contributed by atoms with Gasteiger partial charge in [-0.15, -0.1) is 0 Å². The Kier molecular flexibility index (Phi) is 5.90. The van der Waals surface area contributed by atoms with E-state index in [0.717, 1.165) is 49.7 Å². The van der Waals surface area contributed by atoms with Gasteiger partial charge in [0.05, 0.1) is 33.2 Å². The van der Waals surface area contributed by atoms with Crippen LogP contribution >= 0.6 is 23.2 Å². The van der Waals surface area contributed by atoms with Crippen LogP contribution < -0.4 is 0 Å². The van der Waals surface area contributed by atoms with Crippen molar-refractivity contribution in [2.45, 2.75) is 6.92 Å². The lowest BCUT2D eigenvalue weighted by molar-refractivity contribution is 0.0644. The number of likely N-dealkylation sites (N-methyl/N-ethyl adjacent to an activating group) is 1. The van der Waals surface area contributed by atoms with Crippen LogP contribution in [-0.4, -0.2) is 58.2 Å². The summed E-state index contributed by atoms with van der Waals surface area (Å²) < 4.78 is 1.76. The fourth-order valence-electron chi connectivity index (χ4n) is 3.63. The molecule has 1 amide bonds. The summed E-state index contributed by atoms with van der Waals surface area (Å²) in [6.07, 6.45) is 1.65. The van der Waals surface area contributed by atoms with Crippen LogP contribution in [0.2, 0.25) is 10.0 Å². The highest BCUT2D eigenvalue weighted by Crippen LogP contribution is 2.30. The molecule has 1 saturated heterocycles. The largest absolute Gasteiger partial charge is 0.336 e. The van der Waals surface area contributed by atoms with Crippen LogP contribution in [0, 0.1) is 0 Å². The molecule has 0 spiro atoms. The Labute approximate surface area is 180 Å². The summed E-state index contributed by atoms with van der Waals surface area (Å²) in [5, 5.41) is 5.46. The summed E-state index contributed by atoms with van der Waals surface area (Å²) in [7, 11) is 0. The molecule has 0 atom stereocenters. The molecule has 2 aromatic carbocycles. The fourth-order valence-corrected chi connectivity index (χ4v) is 3.92. The summed E-state index contributed by atoms with van der Waals surface area (Å²) in [6, 6.07) is 15.2. The zero-order valence-corrected chi connectivity index (χ0v) is 17.7. The third kappa shape index (κ3) is 4.04. The second kappa shape index (κ2) is 8.57. The molecule has 0 saturated carbocycles. The molecule has 0 radical (unpaired) electrons. The van der Waals surface area contributed by atoms with Crippen molar-refractivity contribution in [2.24, 2.45) is 0 Å². The van der Waals surface area contributed by atoms with Crippen molar-refractivity contribution in [3.8, 4) is 16.9 Å². The number of nitrogens with zero attached hydrogens (tertiary/aromatic N) is 4. The highest BCUT2D eigenvalue weighted by molar-refractivity contribution is 6.42. The first-order valence-corrected chi connectivity index (χ1v) is 10.4. The predicted molar refractivity (Wildman–Crippen MR) is 117 cm³/mol. The molecule has 1 aromatic heterocycles. The maximum atomic E-state index is 13.4. The molecular formula is C22H22Cl2N4O. The van der Waals surface area contributed by atoms with E-state index in [2.05, 4.69) is 16.9 Å². The highest BCUT2D eigenvalue weighted by Gasteiger charge is 2.26. The summed E-state index contributed by atoms with van der Waals surface area (Å²) in [6.45, 7) is 6.38. The topological polar surface area (TPSA) is 41.4 Å². The van der Waals surface area contributed by atoms with Crippen molar-refractivity contribution in [3.63, 3.8) is 0 Å². The maximum Gasteiger partial charge on any atom is 0.257 e. The summed E-state index contributed by atoms with van der Waals surface area (Å²) in [5.41, 5.74) is 3.03. The van der Waals surface area contributed by atoms with E-state index >= 15 is 0 Å². The molecule has 1 aliphatic heterocycles. The van der Waals surface area contributed by atoms with E-state index in [1.54, 1.807) is 23.0 Å². The van der Waals surface area contributed by atoms with E-state index in [1.807, 2.05) is 41.3 Å². The van der Waals surface area contributed by atoms with E-state index < -0.39 is 0 Å². The molecule has 5 nitrogen and oxygen atoms in total. The Morgan fingerprint density at radius 1 is 1.00 bits per heavy atom. The lowest BCUT2D eigenvalue weighted by Gasteiger charge is -2.34. The van der Waals surface area contributed by atoms with Crippen molar-refractivity contribution >= 4 is 29.1 Å². The van der Waals surface area contributed by atoms with Crippen LogP contribution in [0.4, 0.5) is 0 Å². The molecule has 29 heavy (non-hydrogen) atoms. The summed E-state index contributed by atoms with van der Waals surface area (Å²) >= 11 is 12.3. The van der Waals surface area contributed by atoms with Gasteiger partial charge in [0.15, 0.2) is 0 Å². The number of rotatable bonds is 4. The van der Waals surface area contributed by atoms with Crippen molar-refractivity contribution in [2.75, 3.05) is 32.7 Å². The van der Waals surface area contributed by atoms with Crippen molar-refractivity contribution in [3.05, 3.63) is 70.3 Å². The molecule has 0 aliphatic carbocycles. The molecule has 1 aliphatic rings. The Morgan fingerprint density at radius 3 is 2.38 bits per heavy atom. The monoisotopic (exact) mass is 428 g/mol. The first-order chi connectivity index (χ1) is 14.1. The highest BCUT2D eigenvalue weighted by atomic mass is 35.5. The smallest absolute Gasteiger partial charge is 0.257 e. The van der Waals surface area contributed by atoms with Crippen molar-refractivity contribution < 1.29 is 4.79 Å². The molecule has 2 heterocycles. The van der Waals surface area contributed by atoms with Crippen LogP contribution in [0.15, 0.2) is 54.7 Å². The number of carbonyl (C=O) groups is 1. The van der Waals surface area contributed by atoms with Gasteiger partial charge >= 0.3 is 0 Å². The minimum absolute atomic E-state index is 0.00548. The third-order valence-corrected chi connectivity index (χ3v) is 6.04. The average molecular weight is 429 g/mol. The third-order valence-electron chi connectivity index (χ3n) is 5.30. The van der Waals surface area contributed by atoms with Gasteiger partial charge in [0.25, 0.3) is 5.91 Å². The second-order valence-electron chi connectivity index (χ2n) is 7.01. The van der Waals surface area contributed by atoms with Gasteiger partial charge in [0.2, 0.25) is 0 Å². The van der Waals surface area contributed by atoms with E-state index in [-0.39, 0.29) is 5.91 Å². The molecule has 0 N–H and O–H groups in total. The second-order valence-corrected chi connectivity index (χ2v) is 7.82. The van der Waals surface area contributed by atoms with Gasteiger partial charge in [-0.3, -0.25) is 4.79 Å². The quantitative estimate of drug-likeness (QED) is 0.608. The molecule has 0 bridgehead atoms. The predicted octanol–water partition coefficient (Wildman–Crippen LogP) is 4.62. The molecule has 1 fully saturated rings. The zero-order chi connectivity index (χ0) is 20.4. The molecule has 3 aromatic rings. The minimum atomic E-state index is 0.00548. The van der Waals surface area contributed by atoms with Gasteiger partial charge in [-0.2, -0.15) is 5.10 Å². The van der Waals surface area contributed by atoms with Gasteiger partial charge in [-0.25, -0.2) is 4.68 Å². The summed E-state index contributed by atoms with van der Waals surface area (Å²) in [5.74, 6) is 0.00548. The van der Waals surface area contributed by atoms with Crippen molar-refractivity contribution in [1.29, 1.82) is 0 Å². The SMILES string of the molecule is CCN1CCN(C(=O)c2cnn(-c3ccc(Cl)c(Cl)c3)c2-c2ccccc2)CC1. The first kappa shape index (κ1) is 20.0. The number of halogens is 2. The Bertz CT molecular complexity index is 1010. The Morgan fingerprint density at radius 2 is 1.72 bits per heavy atom. The van der Waals surface area contributed by atoms with Crippen LogP contribution in [0.1, 0.15) is 17.3 Å². The number of piperazine rings is 1. The number of amides is 1. The van der Waals surface area contributed by atoms with E-state index in [4.69, 9.17) is 23.2 Å². The van der Waals surface area contributed by atoms with E-state index in [0.29, 0.717) is 15.6 Å². The molecule has 150 valence electrons.